The van der Waals surface area contributed by atoms with Gasteiger partial charge < -0.3 is 5.32 Å². The lowest BCUT2D eigenvalue weighted by molar-refractivity contribution is 1.22. The Balaban J connectivity index is 2.69. The van der Waals surface area contributed by atoms with E-state index < -0.39 is 0 Å². The molecule has 0 amide bonds. The zero-order valence-corrected chi connectivity index (χ0v) is 6.72. The molecule has 2 heterocycles. The third-order valence-corrected chi connectivity index (χ3v) is 2.28. The fourth-order valence-corrected chi connectivity index (χ4v) is 1.53. The van der Waals surface area contributed by atoms with Crippen LogP contribution in [-0.4, -0.2) is 22.0 Å². The van der Waals surface area contributed by atoms with Crippen LogP contribution in [0.4, 0.5) is 5.13 Å². The third kappa shape index (κ3) is 1.03. The van der Waals surface area contributed by atoms with Crippen LogP contribution in [0.25, 0.3) is 10.3 Å². The van der Waals surface area contributed by atoms with E-state index in [0.29, 0.717) is 0 Å². The molecule has 2 aromatic heterocycles. The molecule has 1 N–H and O–H groups in total. The first-order valence-electron chi connectivity index (χ1n) is 3.14. The molecule has 0 saturated heterocycles. The monoisotopic (exact) mass is 166 g/mol. The van der Waals surface area contributed by atoms with E-state index in [9.17, 15) is 0 Å². The smallest absolute Gasteiger partial charge is 0.185 e. The molecule has 0 saturated carbocycles. The second-order valence-electron chi connectivity index (χ2n) is 1.98. The van der Waals surface area contributed by atoms with Gasteiger partial charge in [-0.3, -0.25) is 0 Å². The van der Waals surface area contributed by atoms with Crippen molar-refractivity contribution in [2.75, 3.05) is 12.4 Å². The first kappa shape index (κ1) is 6.48. The van der Waals surface area contributed by atoms with Crippen LogP contribution in [-0.2, 0) is 0 Å². The molecule has 0 spiro atoms. The number of rotatable bonds is 1. The summed E-state index contributed by atoms with van der Waals surface area (Å²) < 4.78 is 0. The Hall–Kier alpha value is -1.23. The highest BCUT2D eigenvalue weighted by Gasteiger charge is 2.00. The van der Waals surface area contributed by atoms with E-state index >= 15 is 0 Å². The minimum absolute atomic E-state index is 0.849. The SMILES string of the molecule is CNc1nc2cncnc2s1. The third-order valence-electron chi connectivity index (χ3n) is 1.29. The highest BCUT2D eigenvalue weighted by Crippen LogP contribution is 2.21. The molecule has 0 atom stereocenters. The second kappa shape index (κ2) is 2.43. The van der Waals surface area contributed by atoms with Crippen molar-refractivity contribution in [2.45, 2.75) is 0 Å². The van der Waals surface area contributed by atoms with Crippen LogP contribution in [0, 0.1) is 0 Å². The molecule has 56 valence electrons. The van der Waals surface area contributed by atoms with Crippen molar-refractivity contribution in [1.82, 2.24) is 15.0 Å². The highest BCUT2D eigenvalue weighted by molar-refractivity contribution is 7.21. The van der Waals surface area contributed by atoms with E-state index in [1.807, 2.05) is 7.05 Å². The van der Waals surface area contributed by atoms with Gasteiger partial charge in [0.2, 0.25) is 0 Å². The summed E-state index contributed by atoms with van der Waals surface area (Å²) in [5, 5.41) is 3.83. The van der Waals surface area contributed by atoms with Gasteiger partial charge in [-0.2, -0.15) is 0 Å². The van der Waals surface area contributed by atoms with Gasteiger partial charge in [-0.25, -0.2) is 15.0 Å². The molecule has 2 aromatic rings. The van der Waals surface area contributed by atoms with E-state index in [2.05, 4.69) is 20.3 Å². The van der Waals surface area contributed by atoms with Gasteiger partial charge in [0, 0.05) is 7.05 Å². The standard InChI is InChI=1S/C6H6N4S/c1-7-6-10-4-2-8-3-9-5(4)11-6/h2-3H,1H3,(H,7,10). The van der Waals surface area contributed by atoms with Crippen molar-refractivity contribution in [3.8, 4) is 0 Å². The molecule has 0 aliphatic carbocycles. The summed E-state index contributed by atoms with van der Waals surface area (Å²) in [6.07, 6.45) is 3.24. The van der Waals surface area contributed by atoms with E-state index in [4.69, 9.17) is 0 Å². The zero-order valence-electron chi connectivity index (χ0n) is 5.90. The highest BCUT2D eigenvalue weighted by atomic mass is 32.1. The van der Waals surface area contributed by atoms with Gasteiger partial charge in [0.25, 0.3) is 0 Å². The van der Waals surface area contributed by atoms with Crippen molar-refractivity contribution < 1.29 is 0 Å². The van der Waals surface area contributed by atoms with Gasteiger partial charge in [0.15, 0.2) is 5.13 Å². The first-order valence-corrected chi connectivity index (χ1v) is 3.96. The lowest BCUT2D eigenvalue weighted by Crippen LogP contribution is -1.84. The van der Waals surface area contributed by atoms with Crippen LogP contribution in [0.3, 0.4) is 0 Å². The zero-order chi connectivity index (χ0) is 7.68. The van der Waals surface area contributed by atoms with E-state index in [-0.39, 0.29) is 0 Å². The molecule has 0 aliphatic rings. The summed E-state index contributed by atoms with van der Waals surface area (Å²) in [5.74, 6) is 0. The van der Waals surface area contributed by atoms with Crippen molar-refractivity contribution in [1.29, 1.82) is 0 Å². The maximum atomic E-state index is 4.21. The van der Waals surface area contributed by atoms with Gasteiger partial charge in [-0.1, -0.05) is 11.3 Å². The van der Waals surface area contributed by atoms with Crippen LogP contribution in [0.15, 0.2) is 12.5 Å². The summed E-state index contributed by atoms with van der Waals surface area (Å²) in [7, 11) is 1.84. The number of hydrogen-bond acceptors (Lipinski definition) is 5. The fraction of sp³-hybridized carbons (Fsp3) is 0.167. The largest absolute Gasteiger partial charge is 0.365 e. The average molecular weight is 166 g/mol. The minimum Gasteiger partial charge on any atom is -0.365 e. The molecule has 11 heavy (non-hydrogen) atoms. The van der Waals surface area contributed by atoms with Gasteiger partial charge in [-0.15, -0.1) is 0 Å². The summed E-state index contributed by atoms with van der Waals surface area (Å²) in [4.78, 5) is 13.1. The number of fused-ring (bicyclic) bond motifs is 1. The van der Waals surface area contributed by atoms with Crippen molar-refractivity contribution in [2.24, 2.45) is 0 Å². The van der Waals surface area contributed by atoms with E-state index in [0.717, 1.165) is 15.5 Å². The van der Waals surface area contributed by atoms with E-state index in [1.165, 1.54) is 17.7 Å². The molecular weight excluding hydrogens is 160 g/mol. The summed E-state index contributed by atoms with van der Waals surface area (Å²) in [5.41, 5.74) is 0.849. The Kier molecular flexibility index (Phi) is 1.43. The molecule has 0 bridgehead atoms. The lowest BCUT2D eigenvalue weighted by atomic mass is 10.6. The maximum absolute atomic E-state index is 4.21. The van der Waals surface area contributed by atoms with Crippen LogP contribution >= 0.6 is 11.3 Å². The first-order chi connectivity index (χ1) is 5.40. The number of nitrogens with zero attached hydrogens (tertiary/aromatic N) is 3. The van der Waals surface area contributed by atoms with Crippen molar-refractivity contribution >= 4 is 26.8 Å². The summed E-state index contributed by atoms with van der Waals surface area (Å²) in [6.45, 7) is 0. The Morgan fingerprint density at radius 1 is 1.55 bits per heavy atom. The van der Waals surface area contributed by atoms with Crippen LogP contribution < -0.4 is 5.32 Å². The molecule has 0 unspecified atom stereocenters. The molecule has 5 heteroatoms. The number of hydrogen-bond donors (Lipinski definition) is 1. The fourth-order valence-electron chi connectivity index (χ4n) is 0.797. The molecular formula is C6H6N4S. The average Bonchev–Trinajstić information content (AvgIpc) is 2.46. The summed E-state index contributed by atoms with van der Waals surface area (Å²) in [6, 6.07) is 0. The van der Waals surface area contributed by atoms with Gasteiger partial charge in [-0.05, 0) is 0 Å². The lowest BCUT2D eigenvalue weighted by Gasteiger charge is -1.84. The summed E-state index contributed by atoms with van der Waals surface area (Å²) >= 11 is 1.52. The molecule has 0 aliphatic heterocycles. The van der Waals surface area contributed by atoms with Crippen LogP contribution in [0.5, 0.6) is 0 Å². The van der Waals surface area contributed by atoms with E-state index in [1.54, 1.807) is 6.20 Å². The Bertz CT molecular complexity index is 336. The number of nitrogens with one attached hydrogen (secondary N) is 1. The van der Waals surface area contributed by atoms with Crippen LogP contribution in [0.2, 0.25) is 0 Å². The Labute approximate surface area is 67.3 Å². The minimum atomic E-state index is 0.849. The predicted molar refractivity (Wildman–Crippen MR) is 44.8 cm³/mol. The number of anilines is 1. The molecule has 2 rings (SSSR count). The van der Waals surface area contributed by atoms with Crippen LogP contribution in [0.1, 0.15) is 0 Å². The second-order valence-corrected chi connectivity index (χ2v) is 2.96. The molecule has 0 fully saturated rings. The Morgan fingerprint density at radius 3 is 3.18 bits per heavy atom. The Morgan fingerprint density at radius 2 is 2.45 bits per heavy atom. The number of aromatic nitrogens is 3. The quantitative estimate of drug-likeness (QED) is 0.690. The topological polar surface area (TPSA) is 50.7 Å². The van der Waals surface area contributed by atoms with Crippen molar-refractivity contribution in [3.05, 3.63) is 12.5 Å². The maximum Gasteiger partial charge on any atom is 0.185 e. The normalized spacial score (nSPS) is 10.3. The molecule has 0 radical (unpaired) electrons. The predicted octanol–water partition coefficient (Wildman–Crippen LogP) is 1.13. The van der Waals surface area contributed by atoms with Gasteiger partial charge in [0.05, 0.1) is 6.20 Å². The van der Waals surface area contributed by atoms with Gasteiger partial charge in [0.1, 0.15) is 16.7 Å². The number of thiazole rings is 1. The molecule has 4 nitrogen and oxygen atoms in total. The van der Waals surface area contributed by atoms with Gasteiger partial charge >= 0.3 is 0 Å². The molecule has 0 aromatic carbocycles. The van der Waals surface area contributed by atoms with Crippen molar-refractivity contribution in [3.63, 3.8) is 0 Å².